The minimum absolute atomic E-state index is 0.162. The summed E-state index contributed by atoms with van der Waals surface area (Å²) in [4.78, 5) is 11.8. The predicted octanol–water partition coefficient (Wildman–Crippen LogP) is 3.89. The lowest BCUT2D eigenvalue weighted by Gasteiger charge is -2.21. The van der Waals surface area contributed by atoms with Crippen LogP contribution < -0.4 is 10.4 Å². The molecule has 0 aliphatic heterocycles. The fourth-order valence-electron chi connectivity index (χ4n) is 2.13. The Kier molecular flexibility index (Phi) is 7.19. The van der Waals surface area contributed by atoms with Crippen LogP contribution in [0.25, 0.3) is 0 Å². The molecular weight excluding hydrogens is 339 g/mol. The number of rotatable bonds is 8. The molecule has 0 radical (unpaired) electrons. The molecule has 134 valence electrons. The number of nitrogens with one attached hydrogen (secondary N) is 2. The lowest BCUT2D eigenvalue weighted by Crippen LogP contribution is -2.35. The number of amides is 1. The van der Waals surface area contributed by atoms with Crippen molar-refractivity contribution in [2.75, 3.05) is 6.66 Å². The second kappa shape index (κ2) is 9.37. The quantitative estimate of drug-likeness (QED) is 0.550. The zero-order valence-corrected chi connectivity index (χ0v) is 15.2. The topological polar surface area (TPSA) is 76.7 Å². The highest BCUT2D eigenvalue weighted by Crippen LogP contribution is 2.38. The van der Waals surface area contributed by atoms with Crippen LogP contribution in [0.2, 0.25) is 0 Å². The number of carbonyl (C=O) groups is 1. The van der Waals surface area contributed by atoms with Gasteiger partial charge in [-0.05, 0) is 18.1 Å². The van der Waals surface area contributed by atoms with Crippen molar-refractivity contribution in [3.05, 3.63) is 71.8 Å². The average Bonchev–Trinajstić information content (AvgIpc) is 2.59. The van der Waals surface area contributed by atoms with Crippen molar-refractivity contribution in [2.45, 2.75) is 26.3 Å². The van der Waals surface area contributed by atoms with E-state index in [2.05, 4.69) is 10.4 Å². The highest BCUT2D eigenvalue weighted by Gasteiger charge is 2.20. The van der Waals surface area contributed by atoms with Crippen LogP contribution in [-0.2, 0) is 27.0 Å². The van der Waals surface area contributed by atoms with Crippen LogP contribution >= 0.6 is 7.52 Å². The summed E-state index contributed by atoms with van der Waals surface area (Å²) < 4.78 is 23.0. The summed E-state index contributed by atoms with van der Waals surface area (Å²) in [5.74, 6) is 0. The third-order valence-electron chi connectivity index (χ3n) is 3.31. The van der Waals surface area contributed by atoms with Crippen LogP contribution in [0, 0.1) is 0 Å². The average molecular weight is 362 g/mol. The van der Waals surface area contributed by atoms with Gasteiger partial charge >= 0.3 is 6.09 Å². The number of alkyl carbamates (subject to hydrolysis) is 1. The highest BCUT2D eigenvalue weighted by molar-refractivity contribution is 7.56. The Morgan fingerprint density at radius 3 is 2.20 bits per heavy atom. The third-order valence-corrected chi connectivity index (χ3v) is 4.76. The van der Waals surface area contributed by atoms with Crippen LogP contribution in [0.5, 0.6) is 0 Å². The first-order valence-electron chi connectivity index (χ1n) is 7.97. The van der Waals surface area contributed by atoms with E-state index in [4.69, 9.17) is 9.26 Å². The van der Waals surface area contributed by atoms with E-state index in [9.17, 15) is 9.36 Å². The molecule has 1 amide bonds. The summed E-state index contributed by atoms with van der Waals surface area (Å²) in [7, 11) is -3.07. The monoisotopic (exact) mass is 362 g/mol. The minimum atomic E-state index is -3.07. The van der Waals surface area contributed by atoms with E-state index >= 15 is 0 Å². The first-order chi connectivity index (χ1) is 11.9. The minimum Gasteiger partial charge on any atom is -0.445 e. The molecule has 0 aromatic heterocycles. The maximum absolute atomic E-state index is 12.4. The Labute approximate surface area is 148 Å². The molecule has 2 unspecified atom stereocenters. The second-order valence-electron chi connectivity index (χ2n) is 5.62. The normalized spacial score (nSPS) is 14.3. The number of hydrogen-bond donors (Lipinski definition) is 2. The summed E-state index contributed by atoms with van der Waals surface area (Å²) >= 11 is 0. The maximum Gasteiger partial charge on any atom is 0.409 e. The molecule has 0 aliphatic carbocycles. The first kappa shape index (κ1) is 19.2. The molecule has 2 aromatic rings. The largest absolute Gasteiger partial charge is 0.445 e. The lowest BCUT2D eigenvalue weighted by molar-refractivity contribution is 0.112. The molecule has 0 bridgehead atoms. The van der Waals surface area contributed by atoms with Crippen molar-refractivity contribution in [1.29, 1.82) is 0 Å². The standard InChI is InChI=1S/C18H23N2O4P/c1-15(20-18(21)23-14-17-11-7-4-8-12-17)24-25(2,22)19-13-16-9-5-3-6-10-16/h3-12,15H,13-14H2,1-2H3,(H,19,22)(H,20,21). The number of ether oxygens (including phenoxy) is 1. The number of carbonyl (C=O) groups excluding carboxylic acids is 1. The van der Waals surface area contributed by atoms with Gasteiger partial charge in [0.25, 0.3) is 7.52 Å². The molecule has 0 spiro atoms. The smallest absolute Gasteiger partial charge is 0.409 e. The fourth-order valence-corrected chi connectivity index (χ4v) is 3.33. The Balaban J connectivity index is 1.73. The van der Waals surface area contributed by atoms with Gasteiger partial charge in [0, 0.05) is 13.2 Å². The third kappa shape index (κ3) is 7.52. The fraction of sp³-hybridized carbons (Fsp3) is 0.278. The highest BCUT2D eigenvalue weighted by atomic mass is 31.2. The zero-order valence-electron chi connectivity index (χ0n) is 14.3. The van der Waals surface area contributed by atoms with E-state index in [1.807, 2.05) is 60.7 Å². The van der Waals surface area contributed by atoms with Gasteiger partial charge in [0.1, 0.15) is 12.8 Å². The Bertz CT molecular complexity index is 710. The van der Waals surface area contributed by atoms with Crippen LogP contribution in [0.1, 0.15) is 18.1 Å². The molecule has 6 nitrogen and oxygen atoms in total. The predicted molar refractivity (Wildman–Crippen MR) is 97.1 cm³/mol. The Morgan fingerprint density at radius 2 is 1.60 bits per heavy atom. The summed E-state index contributed by atoms with van der Waals surface area (Å²) in [5, 5.41) is 5.39. The van der Waals surface area contributed by atoms with Gasteiger partial charge in [-0.3, -0.25) is 14.4 Å². The second-order valence-corrected chi connectivity index (χ2v) is 7.84. The van der Waals surface area contributed by atoms with Gasteiger partial charge < -0.3 is 4.74 Å². The van der Waals surface area contributed by atoms with Gasteiger partial charge in [-0.2, -0.15) is 0 Å². The first-order valence-corrected chi connectivity index (χ1v) is 10.0. The van der Waals surface area contributed by atoms with Gasteiger partial charge in [-0.25, -0.2) is 9.88 Å². The van der Waals surface area contributed by atoms with Gasteiger partial charge in [-0.15, -0.1) is 0 Å². The Morgan fingerprint density at radius 1 is 1.04 bits per heavy atom. The van der Waals surface area contributed by atoms with Gasteiger partial charge in [0.15, 0.2) is 0 Å². The molecule has 2 aromatic carbocycles. The van der Waals surface area contributed by atoms with Crippen molar-refractivity contribution in [1.82, 2.24) is 10.4 Å². The van der Waals surface area contributed by atoms with Crippen LogP contribution in [0.4, 0.5) is 4.79 Å². The van der Waals surface area contributed by atoms with E-state index in [1.165, 1.54) is 6.66 Å². The zero-order chi connectivity index (χ0) is 18.1. The number of benzene rings is 2. The van der Waals surface area contributed by atoms with Gasteiger partial charge in [0.2, 0.25) is 0 Å². The van der Waals surface area contributed by atoms with Crippen molar-refractivity contribution in [3.63, 3.8) is 0 Å². The summed E-state index contributed by atoms with van der Waals surface area (Å²) in [5.41, 5.74) is 1.88. The summed E-state index contributed by atoms with van der Waals surface area (Å²) in [6, 6.07) is 18.9. The van der Waals surface area contributed by atoms with Crippen molar-refractivity contribution >= 4 is 13.6 Å². The molecular formula is C18H23N2O4P. The lowest BCUT2D eigenvalue weighted by atomic mass is 10.2. The number of hydrogen-bond acceptors (Lipinski definition) is 4. The maximum atomic E-state index is 12.4. The van der Waals surface area contributed by atoms with E-state index < -0.39 is 19.8 Å². The molecule has 2 N–H and O–H groups in total. The molecule has 0 heterocycles. The van der Waals surface area contributed by atoms with Gasteiger partial charge in [0.05, 0.1) is 0 Å². The van der Waals surface area contributed by atoms with E-state index in [1.54, 1.807) is 6.92 Å². The molecule has 0 saturated heterocycles. The van der Waals surface area contributed by atoms with E-state index in [-0.39, 0.29) is 6.61 Å². The van der Waals surface area contributed by atoms with E-state index in [0.29, 0.717) is 6.54 Å². The molecule has 25 heavy (non-hydrogen) atoms. The molecule has 0 saturated carbocycles. The van der Waals surface area contributed by atoms with Crippen LogP contribution in [-0.4, -0.2) is 19.0 Å². The SMILES string of the molecule is CC(NC(=O)OCc1ccccc1)OP(C)(=O)NCc1ccccc1. The van der Waals surface area contributed by atoms with Crippen molar-refractivity contribution in [2.24, 2.45) is 0 Å². The molecule has 0 fully saturated rings. The van der Waals surface area contributed by atoms with Crippen molar-refractivity contribution < 1.29 is 18.6 Å². The van der Waals surface area contributed by atoms with Crippen LogP contribution in [0.15, 0.2) is 60.7 Å². The molecule has 2 rings (SSSR count). The van der Waals surface area contributed by atoms with Crippen LogP contribution in [0.3, 0.4) is 0 Å². The molecule has 7 heteroatoms. The van der Waals surface area contributed by atoms with Gasteiger partial charge in [-0.1, -0.05) is 60.7 Å². The summed E-state index contributed by atoms with van der Waals surface area (Å²) in [6.07, 6.45) is -1.37. The van der Waals surface area contributed by atoms with E-state index in [0.717, 1.165) is 11.1 Å². The molecule has 0 aliphatic rings. The Hall–Kier alpha value is -2.14. The summed E-state index contributed by atoms with van der Waals surface area (Å²) in [6.45, 7) is 3.66. The van der Waals surface area contributed by atoms with Crippen molar-refractivity contribution in [3.8, 4) is 0 Å². The molecule has 2 atom stereocenters.